The first kappa shape index (κ1) is 23.6. The highest BCUT2D eigenvalue weighted by molar-refractivity contribution is 6.39. The van der Waals surface area contributed by atoms with E-state index in [0.29, 0.717) is 37.8 Å². The van der Waals surface area contributed by atoms with Gasteiger partial charge in [-0.2, -0.15) is 0 Å². The summed E-state index contributed by atoms with van der Waals surface area (Å²) in [5.74, 6) is -0.872. The van der Waals surface area contributed by atoms with E-state index < -0.39 is 11.8 Å². The lowest BCUT2D eigenvalue weighted by Gasteiger charge is -2.35. The van der Waals surface area contributed by atoms with Crippen LogP contribution in [0.3, 0.4) is 0 Å². The quantitative estimate of drug-likeness (QED) is 0.613. The van der Waals surface area contributed by atoms with Crippen molar-refractivity contribution in [3.63, 3.8) is 0 Å². The van der Waals surface area contributed by atoms with Gasteiger partial charge in [-0.1, -0.05) is 24.3 Å². The fourth-order valence-corrected chi connectivity index (χ4v) is 3.64. The summed E-state index contributed by atoms with van der Waals surface area (Å²) in [5, 5.41) is 5.45. The molecular formula is C24H32N4O4. The fraction of sp³-hybridized carbons (Fsp3) is 0.417. The van der Waals surface area contributed by atoms with E-state index in [9.17, 15) is 9.59 Å². The van der Waals surface area contributed by atoms with Crippen LogP contribution in [-0.4, -0.2) is 70.3 Å². The highest BCUT2D eigenvalue weighted by Crippen LogP contribution is 2.25. The molecule has 172 valence electrons. The standard InChI is InChI=1S/C24H32N4O4/c1-4-32-22-8-6-5-7-20(22)26-24(30)23(29)25-17-21(28-13-15-31-16-14-28)18-9-11-19(12-10-18)27(2)3/h5-12,21H,4,13-17H2,1-3H3,(H,25,29)(H,26,30)/t21-/m0/s1. The van der Waals surface area contributed by atoms with Crippen molar-refractivity contribution in [3.05, 3.63) is 54.1 Å². The molecule has 2 amide bonds. The van der Waals surface area contributed by atoms with Crippen LogP contribution < -0.4 is 20.3 Å². The van der Waals surface area contributed by atoms with Crippen LogP contribution in [-0.2, 0) is 14.3 Å². The first-order valence-corrected chi connectivity index (χ1v) is 10.9. The van der Waals surface area contributed by atoms with Gasteiger partial charge in [0, 0.05) is 39.4 Å². The van der Waals surface area contributed by atoms with Crippen molar-refractivity contribution in [1.82, 2.24) is 10.2 Å². The summed E-state index contributed by atoms with van der Waals surface area (Å²) < 4.78 is 11.0. The Morgan fingerprint density at radius 2 is 1.75 bits per heavy atom. The maximum atomic E-state index is 12.6. The van der Waals surface area contributed by atoms with E-state index in [0.717, 1.165) is 24.3 Å². The van der Waals surface area contributed by atoms with Crippen LogP contribution in [0.25, 0.3) is 0 Å². The molecule has 0 radical (unpaired) electrons. The number of ether oxygens (including phenoxy) is 2. The lowest BCUT2D eigenvalue weighted by Crippen LogP contribution is -2.45. The summed E-state index contributed by atoms with van der Waals surface area (Å²) >= 11 is 0. The van der Waals surface area contributed by atoms with Gasteiger partial charge in [0.2, 0.25) is 0 Å². The Morgan fingerprint density at radius 1 is 1.06 bits per heavy atom. The molecule has 2 aromatic rings. The highest BCUT2D eigenvalue weighted by Gasteiger charge is 2.25. The predicted octanol–water partition coefficient (Wildman–Crippen LogP) is 2.28. The number of carbonyl (C=O) groups excluding carboxylic acids is 2. The van der Waals surface area contributed by atoms with Crippen LogP contribution in [0.2, 0.25) is 0 Å². The molecule has 32 heavy (non-hydrogen) atoms. The first-order chi connectivity index (χ1) is 15.5. The van der Waals surface area contributed by atoms with Gasteiger partial charge in [0.05, 0.1) is 31.5 Å². The third-order valence-electron chi connectivity index (χ3n) is 5.38. The van der Waals surface area contributed by atoms with Gasteiger partial charge >= 0.3 is 11.8 Å². The molecule has 2 N–H and O–H groups in total. The number of hydrogen-bond acceptors (Lipinski definition) is 6. The van der Waals surface area contributed by atoms with E-state index in [4.69, 9.17) is 9.47 Å². The highest BCUT2D eigenvalue weighted by atomic mass is 16.5. The van der Waals surface area contributed by atoms with E-state index in [1.54, 1.807) is 18.2 Å². The Hall–Kier alpha value is -3.10. The zero-order valence-corrected chi connectivity index (χ0v) is 19.0. The second-order valence-electron chi connectivity index (χ2n) is 7.74. The van der Waals surface area contributed by atoms with Crippen LogP contribution in [0.15, 0.2) is 48.5 Å². The molecule has 2 aromatic carbocycles. The second kappa shape index (κ2) is 11.5. The number of nitrogens with zero attached hydrogens (tertiary/aromatic N) is 2. The largest absolute Gasteiger partial charge is 0.492 e. The van der Waals surface area contributed by atoms with Crippen LogP contribution in [0.1, 0.15) is 18.5 Å². The number of nitrogens with one attached hydrogen (secondary N) is 2. The summed E-state index contributed by atoms with van der Waals surface area (Å²) in [7, 11) is 3.99. The Morgan fingerprint density at radius 3 is 2.41 bits per heavy atom. The molecule has 0 saturated carbocycles. The summed E-state index contributed by atoms with van der Waals surface area (Å²) in [5.41, 5.74) is 2.66. The van der Waals surface area contributed by atoms with Crippen molar-refractivity contribution in [2.45, 2.75) is 13.0 Å². The van der Waals surface area contributed by atoms with Gasteiger partial charge in [-0.05, 0) is 36.8 Å². The zero-order chi connectivity index (χ0) is 22.9. The van der Waals surface area contributed by atoms with Crippen molar-refractivity contribution >= 4 is 23.2 Å². The first-order valence-electron chi connectivity index (χ1n) is 10.9. The van der Waals surface area contributed by atoms with E-state index in [-0.39, 0.29) is 6.04 Å². The molecule has 0 aliphatic carbocycles. The molecular weight excluding hydrogens is 408 g/mol. The number of anilines is 2. The molecule has 1 aliphatic rings. The van der Waals surface area contributed by atoms with Gasteiger partial charge in [0.25, 0.3) is 0 Å². The maximum absolute atomic E-state index is 12.6. The van der Waals surface area contributed by atoms with E-state index in [2.05, 4.69) is 39.8 Å². The van der Waals surface area contributed by atoms with Gasteiger partial charge in [-0.15, -0.1) is 0 Å². The average Bonchev–Trinajstić information content (AvgIpc) is 2.81. The Kier molecular flexibility index (Phi) is 8.47. The lowest BCUT2D eigenvalue weighted by molar-refractivity contribution is -0.136. The van der Waals surface area contributed by atoms with Crippen molar-refractivity contribution in [3.8, 4) is 5.75 Å². The lowest BCUT2D eigenvalue weighted by atomic mass is 10.0. The topological polar surface area (TPSA) is 83.1 Å². The molecule has 3 rings (SSSR count). The number of para-hydroxylation sites is 2. The van der Waals surface area contributed by atoms with Crippen LogP contribution >= 0.6 is 0 Å². The average molecular weight is 441 g/mol. The molecule has 1 atom stereocenters. The number of rotatable bonds is 8. The van der Waals surface area contributed by atoms with Crippen LogP contribution in [0, 0.1) is 0 Å². The molecule has 1 fully saturated rings. The van der Waals surface area contributed by atoms with E-state index in [1.165, 1.54) is 0 Å². The Bertz CT molecular complexity index is 895. The van der Waals surface area contributed by atoms with Gasteiger partial charge in [-0.3, -0.25) is 14.5 Å². The fourth-order valence-electron chi connectivity index (χ4n) is 3.64. The summed E-state index contributed by atoms with van der Waals surface area (Å²) in [6.45, 7) is 5.48. The SMILES string of the molecule is CCOc1ccccc1NC(=O)C(=O)NC[C@@H](c1ccc(N(C)C)cc1)N1CCOCC1. The molecule has 0 bridgehead atoms. The number of morpholine rings is 1. The monoisotopic (exact) mass is 440 g/mol. The summed E-state index contributed by atoms with van der Waals surface area (Å²) in [4.78, 5) is 29.4. The van der Waals surface area contributed by atoms with E-state index in [1.807, 2.05) is 32.0 Å². The minimum Gasteiger partial charge on any atom is -0.492 e. The van der Waals surface area contributed by atoms with Crippen molar-refractivity contribution in [2.24, 2.45) is 0 Å². The minimum absolute atomic E-state index is 0.0532. The van der Waals surface area contributed by atoms with Crippen molar-refractivity contribution in [1.29, 1.82) is 0 Å². The molecule has 8 nitrogen and oxygen atoms in total. The van der Waals surface area contributed by atoms with Crippen LogP contribution in [0.4, 0.5) is 11.4 Å². The van der Waals surface area contributed by atoms with Gasteiger partial charge < -0.3 is 25.0 Å². The number of carbonyl (C=O) groups is 2. The molecule has 1 saturated heterocycles. The predicted molar refractivity (Wildman–Crippen MR) is 125 cm³/mol. The molecule has 8 heteroatoms. The van der Waals surface area contributed by atoms with E-state index >= 15 is 0 Å². The molecule has 0 spiro atoms. The van der Waals surface area contributed by atoms with Gasteiger partial charge in [0.15, 0.2) is 0 Å². The smallest absolute Gasteiger partial charge is 0.313 e. The number of amides is 2. The molecule has 1 heterocycles. The molecule has 0 unspecified atom stereocenters. The van der Waals surface area contributed by atoms with Gasteiger partial charge in [0.1, 0.15) is 5.75 Å². The number of hydrogen-bond donors (Lipinski definition) is 2. The third-order valence-corrected chi connectivity index (χ3v) is 5.38. The van der Waals surface area contributed by atoms with Crippen molar-refractivity contribution < 1.29 is 19.1 Å². The normalized spacial score (nSPS) is 15.0. The maximum Gasteiger partial charge on any atom is 0.313 e. The number of benzene rings is 2. The second-order valence-corrected chi connectivity index (χ2v) is 7.74. The Labute approximate surface area is 189 Å². The summed E-state index contributed by atoms with van der Waals surface area (Å²) in [6.07, 6.45) is 0. The third kappa shape index (κ3) is 6.21. The summed E-state index contributed by atoms with van der Waals surface area (Å²) in [6, 6.07) is 15.3. The minimum atomic E-state index is -0.721. The van der Waals surface area contributed by atoms with Crippen molar-refractivity contribution in [2.75, 3.05) is 63.8 Å². The zero-order valence-electron chi connectivity index (χ0n) is 19.0. The van der Waals surface area contributed by atoms with Crippen LogP contribution in [0.5, 0.6) is 5.75 Å². The Balaban J connectivity index is 1.67. The molecule has 1 aliphatic heterocycles. The van der Waals surface area contributed by atoms with Gasteiger partial charge in [-0.25, -0.2) is 0 Å². The molecule has 0 aromatic heterocycles.